The lowest BCUT2D eigenvalue weighted by Crippen LogP contribution is -2.28. The van der Waals surface area contributed by atoms with Gasteiger partial charge in [-0.1, -0.05) is 255 Å². The summed E-state index contributed by atoms with van der Waals surface area (Å²) in [5, 5.41) is 2.51. The molecule has 1 aliphatic carbocycles. The molecular weight excluding hydrogens is 939 g/mol. The molecule has 0 aromatic heterocycles. The van der Waals surface area contributed by atoms with Crippen LogP contribution in [0.5, 0.6) is 0 Å². The number of nitrogens with zero attached hydrogens (tertiary/aromatic N) is 1. The molecule has 0 heterocycles. The van der Waals surface area contributed by atoms with E-state index in [1.165, 1.54) is 99.8 Å². The van der Waals surface area contributed by atoms with Crippen LogP contribution in [0.2, 0.25) is 0 Å². The van der Waals surface area contributed by atoms with Crippen molar-refractivity contribution >= 4 is 27.8 Å². The lowest BCUT2D eigenvalue weighted by atomic mass is 9.67. The summed E-state index contributed by atoms with van der Waals surface area (Å²) in [4.78, 5) is 2.43. The monoisotopic (exact) mass is 991 g/mol. The SMILES string of the molecule is c1ccc(-c2cc(-c3ccccc3)cc(-c3ccc(N(c4ccc(-c5ccc(-c6cccc(-c7ccc8ccccc8c7)c6)cc5)cc4)c4ccc5c(c4)C(c4ccccc4)(c4ccccc4)c4ccccc4-5)cc3)c2)cc1. The predicted molar refractivity (Wildman–Crippen MR) is 329 cm³/mol. The maximum absolute atomic E-state index is 2.46. The minimum absolute atomic E-state index is 0.534. The van der Waals surface area contributed by atoms with Crippen LogP contribution in [-0.2, 0) is 5.41 Å². The molecule has 13 aromatic carbocycles. The second kappa shape index (κ2) is 19.9. The van der Waals surface area contributed by atoms with Crippen LogP contribution in [0, 0.1) is 0 Å². The highest BCUT2D eigenvalue weighted by Gasteiger charge is 2.46. The number of hydrogen-bond acceptors (Lipinski definition) is 1. The second-order valence-corrected chi connectivity index (χ2v) is 20.4. The van der Waals surface area contributed by atoms with Gasteiger partial charge < -0.3 is 4.90 Å². The molecule has 366 valence electrons. The number of benzene rings is 13. The third-order valence-corrected chi connectivity index (χ3v) is 15.9. The molecular formula is C77H53N. The Labute approximate surface area is 457 Å². The van der Waals surface area contributed by atoms with E-state index in [-0.39, 0.29) is 0 Å². The number of anilines is 3. The van der Waals surface area contributed by atoms with Gasteiger partial charge in [-0.15, -0.1) is 0 Å². The average molecular weight is 992 g/mol. The van der Waals surface area contributed by atoms with Gasteiger partial charge in [0.15, 0.2) is 0 Å². The molecule has 0 N–H and O–H groups in total. The van der Waals surface area contributed by atoms with Crippen LogP contribution in [0.25, 0.3) is 88.7 Å². The highest BCUT2D eigenvalue weighted by atomic mass is 15.1. The molecule has 0 atom stereocenters. The molecule has 1 nitrogen and oxygen atoms in total. The van der Waals surface area contributed by atoms with Gasteiger partial charge in [0.1, 0.15) is 0 Å². The first-order chi connectivity index (χ1) is 38.6. The van der Waals surface area contributed by atoms with E-state index in [9.17, 15) is 0 Å². The standard InChI is InChI=1S/C77H53N/c1-5-18-54(19-6-1)65-50-66(55-20-7-2-8-21-55)52-67(51-65)60-40-44-71(45-41-60)78(72-46-47-74-73-30-15-16-31-75(73)77(76(74)53-72,68-26-9-3-10-27-68)69-28-11-4-12-29-69)70-42-38-58(39-43-70)57-32-34-59(35-33-57)62-24-17-25-63(48-62)64-37-36-56-22-13-14-23-61(56)49-64/h1-53H. The Morgan fingerprint density at radius 2 is 0.551 bits per heavy atom. The largest absolute Gasteiger partial charge is 0.310 e. The molecule has 14 rings (SSSR count). The molecule has 1 heteroatoms. The Bertz CT molecular complexity index is 4160. The number of rotatable bonds is 11. The van der Waals surface area contributed by atoms with Crippen LogP contribution in [0.4, 0.5) is 17.1 Å². The Morgan fingerprint density at radius 1 is 0.192 bits per heavy atom. The molecule has 1 aliphatic rings. The number of hydrogen-bond donors (Lipinski definition) is 0. The lowest BCUT2D eigenvalue weighted by molar-refractivity contribution is 0.768. The van der Waals surface area contributed by atoms with E-state index < -0.39 is 5.41 Å². The Hall–Kier alpha value is -10.1. The third kappa shape index (κ3) is 8.39. The summed E-state index contributed by atoms with van der Waals surface area (Å²) >= 11 is 0. The first kappa shape index (κ1) is 46.5. The maximum atomic E-state index is 2.46. The lowest BCUT2D eigenvalue weighted by Gasteiger charge is -2.35. The van der Waals surface area contributed by atoms with Crippen molar-refractivity contribution in [2.75, 3.05) is 4.90 Å². The molecule has 13 aromatic rings. The first-order valence-corrected chi connectivity index (χ1v) is 27.0. The minimum atomic E-state index is -0.534. The van der Waals surface area contributed by atoms with Crippen LogP contribution < -0.4 is 4.90 Å². The highest BCUT2D eigenvalue weighted by Crippen LogP contribution is 2.57. The van der Waals surface area contributed by atoms with Crippen molar-refractivity contribution in [3.8, 4) is 77.9 Å². The summed E-state index contributed by atoms with van der Waals surface area (Å²) in [6, 6.07) is 118. The van der Waals surface area contributed by atoms with Gasteiger partial charge in [-0.3, -0.25) is 0 Å². The summed E-state index contributed by atoms with van der Waals surface area (Å²) in [5.41, 5.74) is 24.6. The average Bonchev–Trinajstić information content (AvgIpc) is 4.00. The van der Waals surface area contributed by atoms with Gasteiger partial charge in [-0.05, 0) is 178 Å². The van der Waals surface area contributed by atoms with E-state index in [0.717, 1.165) is 28.2 Å². The summed E-state index contributed by atoms with van der Waals surface area (Å²) in [5.74, 6) is 0. The molecule has 0 bridgehead atoms. The molecule has 0 saturated carbocycles. The van der Waals surface area contributed by atoms with Gasteiger partial charge in [0.25, 0.3) is 0 Å². The Morgan fingerprint density at radius 3 is 1.12 bits per heavy atom. The van der Waals surface area contributed by atoms with Crippen molar-refractivity contribution in [1.82, 2.24) is 0 Å². The van der Waals surface area contributed by atoms with Gasteiger partial charge in [-0.25, -0.2) is 0 Å². The molecule has 0 fully saturated rings. The molecule has 78 heavy (non-hydrogen) atoms. The van der Waals surface area contributed by atoms with Crippen LogP contribution in [0.3, 0.4) is 0 Å². The summed E-state index contributed by atoms with van der Waals surface area (Å²) in [6.45, 7) is 0. The van der Waals surface area contributed by atoms with E-state index >= 15 is 0 Å². The molecule has 0 spiro atoms. The van der Waals surface area contributed by atoms with E-state index in [0.29, 0.717) is 0 Å². The minimum Gasteiger partial charge on any atom is -0.310 e. The second-order valence-electron chi connectivity index (χ2n) is 20.4. The van der Waals surface area contributed by atoms with Crippen LogP contribution in [0.15, 0.2) is 322 Å². The highest BCUT2D eigenvalue weighted by molar-refractivity contribution is 5.91. The summed E-state index contributed by atoms with van der Waals surface area (Å²) in [6.07, 6.45) is 0. The van der Waals surface area contributed by atoms with E-state index in [4.69, 9.17) is 0 Å². The van der Waals surface area contributed by atoms with Crippen molar-refractivity contribution in [2.45, 2.75) is 5.41 Å². The maximum Gasteiger partial charge on any atom is 0.0714 e. The Kier molecular flexibility index (Phi) is 11.8. The van der Waals surface area contributed by atoms with Crippen molar-refractivity contribution in [3.05, 3.63) is 344 Å². The van der Waals surface area contributed by atoms with E-state index in [2.05, 4.69) is 326 Å². The summed E-state index contributed by atoms with van der Waals surface area (Å²) < 4.78 is 0. The van der Waals surface area contributed by atoms with Crippen LogP contribution >= 0.6 is 0 Å². The van der Waals surface area contributed by atoms with Crippen molar-refractivity contribution in [3.63, 3.8) is 0 Å². The van der Waals surface area contributed by atoms with E-state index in [1.54, 1.807) is 0 Å². The van der Waals surface area contributed by atoms with Gasteiger partial charge in [-0.2, -0.15) is 0 Å². The topological polar surface area (TPSA) is 3.24 Å². The van der Waals surface area contributed by atoms with Crippen LogP contribution in [0.1, 0.15) is 22.3 Å². The first-order valence-electron chi connectivity index (χ1n) is 27.0. The van der Waals surface area contributed by atoms with Gasteiger partial charge in [0.2, 0.25) is 0 Å². The fourth-order valence-corrected chi connectivity index (χ4v) is 12.1. The molecule has 0 amide bonds. The van der Waals surface area contributed by atoms with Crippen molar-refractivity contribution in [1.29, 1.82) is 0 Å². The smallest absolute Gasteiger partial charge is 0.0714 e. The quantitative estimate of drug-likeness (QED) is 0.125. The zero-order valence-corrected chi connectivity index (χ0v) is 43.0. The zero-order chi connectivity index (χ0) is 51.8. The summed E-state index contributed by atoms with van der Waals surface area (Å²) in [7, 11) is 0. The Balaban J connectivity index is 0.864. The molecule has 0 unspecified atom stereocenters. The normalized spacial score (nSPS) is 12.2. The fraction of sp³-hybridized carbons (Fsp3) is 0.0130. The fourth-order valence-electron chi connectivity index (χ4n) is 12.1. The molecule has 0 aliphatic heterocycles. The van der Waals surface area contributed by atoms with Crippen molar-refractivity contribution in [2.24, 2.45) is 0 Å². The molecule has 0 saturated heterocycles. The zero-order valence-electron chi connectivity index (χ0n) is 43.0. The predicted octanol–water partition coefficient (Wildman–Crippen LogP) is 20.7. The van der Waals surface area contributed by atoms with E-state index in [1.807, 2.05) is 0 Å². The third-order valence-electron chi connectivity index (χ3n) is 15.9. The molecule has 0 radical (unpaired) electrons. The van der Waals surface area contributed by atoms with Gasteiger partial charge in [0.05, 0.1) is 5.41 Å². The van der Waals surface area contributed by atoms with Gasteiger partial charge >= 0.3 is 0 Å². The van der Waals surface area contributed by atoms with Crippen LogP contribution in [-0.4, -0.2) is 0 Å². The van der Waals surface area contributed by atoms with Gasteiger partial charge in [0, 0.05) is 17.1 Å². The number of fused-ring (bicyclic) bond motifs is 4. The van der Waals surface area contributed by atoms with Crippen molar-refractivity contribution < 1.29 is 0 Å².